The van der Waals surface area contributed by atoms with Gasteiger partial charge in [0.2, 0.25) is 0 Å². The molecule has 0 spiro atoms. The number of hydrogen-bond acceptors (Lipinski definition) is 4. The van der Waals surface area contributed by atoms with Crippen molar-refractivity contribution in [1.82, 2.24) is 15.0 Å². The summed E-state index contributed by atoms with van der Waals surface area (Å²) in [7, 11) is 0. The minimum atomic E-state index is -0.466. The second-order valence-corrected chi connectivity index (χ2v) is 4.38. The number of benzene rings is 2. The van der Waals surface area contributed by atoms with Crippen molar-refractivity contribution in [2.45, 2.75) is 6.54 Å². The van der Waals surface area contributed by atoms with Gasteiger partial charge >= 0.3 is 0 Å². The lowest BCUT2D eigenvalue weighted by Crippen LogP contribution is -2.25. The average Bonchev–Trinajstić information content (AvgIpc) is 2.45. The fourth-order valence-electron chi connectivity index (χ4n) is 2.02. The molecule has 20 heavy (non-hydrogen) atoms. The van der Waals surface area contributed by atoms with Crippen molar-refractivity contribution in [1.29, 1.82) is 0 Å². The molecule has 2 N–H and O–H groups in total. The SMILES string of the molecule is Nc1cccc(F)c1Cn1nnc2ccccc2c1=O. The topological polar surface area (TPSA) is 73.8 Å². The Morgan fingerprint density at radius 3 is 2.75 bits per heavy atom. The summed E-state index contributed by atoms with van der Waals surface area (Å²) < 4.78 is 14.8. The van der Waals surface area contributed by atoms with Gasteiger partial charge in [-0.2, -0.15) is 0 Å². The Morgan fingerprint density at radius 2 is 1.95 bits per heavy atom. The largest absolute Gasteiger partial charge is 0.398 e. The van der Waals surface area contributed by atoms with Gasteiger partial charge in [-0.25, -0.2) is 9.07 Å². The van der Waals surface area contributed by atoms with Gasteiger partial charge in [0.05, 0.1) is 11.9 Å². The first-order chi connectivity index (χ1) is 9.66. The number of aromatic nitrogens is 3. The Kier molecular flexibility index (Phi) is 2.90. The molecule has 0 saturated carbocycles. The number of fused-ring (bicyclic) bond motifs is 1. The smallest absolute Gasteiger partial charge is 0.277 e. The Hall–Kier alpha value is -2.76. The van der Waals surface area contributed by atoms with E-state index in [0.717, 1.165) is 4.68 Å². The Labute approximate surface area is 113 Å². The number of anilines is 1. The Bertz CT molecular complexity index is 824. The van der Waals surface area contributed by atoms with Crippen LogP contribution in [0.2, 0.25) is 0 Å². The predicted octanol–water partition coefficient (Wildman–Crippen LogP) is 1.56. The maximum atomic E-state index is 13.7. The van der Waals surface area contributed by atoms with E-state index in [9.17, 15) is 9.18 Å². The number of rotatable bonds is 2. The molecular weight excluding hydrogens is 259 g/mol. The van der Waals surface area contributed by atoms with E-state index < -0.39 is 5.82 Å². The highest BCUT2D eigenvalue weighted by Gasteiger charge is 2.10. The summed E-state index contributed by atoms with van der Waals surface area (Å²) in [5.74, 6) is -0.466. The monoisotopic (exact) mass is 270 g/mol. The van der Waals surface area contributed by atoms with Crippen molar-refractivity contribution in [2.75, 3.05) is 5.73 Å². The van der Waals surface area contributed by atoms with Crippen LogP contribution in [0.25, 0.3) is 10.9 Å². The molecule has 6 heteroatoms. The fourth-order valence-corrected chi connectivity index (χ4v) is 2.02. The van der Waals surface area contributed by atoms with E-state index in [1.54, 1.807) is 30.3 Å². The molecular formula is C14H11FN4O. The van der Waals surface area contributed by atoms with E-state index in [-0.39, 0.29) is 23.4 Å². The molecule has 1 aromatic heterocycles. The lowest BCUT2D eigenvalue weighted by Gasteiger charge is -2.08. The third kappa shape index (κ3) is 2.01. The first kappa shape index (κ1) is 12.3. The highest BCUT2D eigenvalue weighted by Crippen LogP contribution is 2.16. The van der Waals surface area contributed by atoms with Crippen molar-refractivity contribution in [3.05, 3.63) is 64.2 Å². The van der Waals surface area contributed by atoms with E-state index in [1.165, 1.54) is 12.1 Å². The van der Waals surface area contributed by atoms with Crippen molar-refractivity contribution in [3.63, 3.8) is 0 Å². The van der Waals surface area contributed by atoms with Gasteiger partial charge in [-0.15, -0.1) is 5.10 Å². The first-order valence-electron chi connectivity index (χ1n) is 6.02. The van der Waals surface area contributed by atoms with E-state index in [2.05, 4.69) is 10.3 Å². The van der Waals surface area contributed by atoms with Crippen LogP contribution in [0.1, 0.15) is 5.56 Å². The van der Waals surface area contributed by atoms with E-state index in [0.29, 0.717) is 10.9 Å². The number of hydrogen-bond donors (Lipinski definition) is 1. The summed E-state index contributed by atoms with van der Waals surface area (Å²) in [4.78, 5) is 12.3. The predicted molar refractivity (Wildman–Crippen MR) is 73.7 cm³/mol. The van der Waals surface area contributed by atoms with Gasteiger partial charge < -0.3 is 5.73 Å². The second-order valence-electron chi connectivity index (χ2n) is 4.38. The zero-order chi connectivity index (χ0) is 14.1. The van der Waals surface area contributed by atoms with Gasteiger partial charge in [0, 0.05) is 11.3 Å². The summed E-state index contributed by atoms with van der Waals surface area (Å²) in [6.45, 7) is -0.0465. The van der Waals surface area contributed by atoms with Crippen LogP contribution in [0.3, 0.4) is 0 Å². The zero-order valence-electron chi connectivity index (χ0n) is 10.5. The molecule has 0 fully saturated rings. The van der Waals surface area contributed by atoms with Gasteiger partial charge in [-0.3, -0.25) is 4.79 Å². The van der Waals surface area contributed by atoms with Crippen molar-refractivity contribution >= 4 is 16.6 Å². The summed E-state index contributed by atoms with van der Waals surface area (Å²) in [5, 5.41) is 8.21. The standard InChI is InChI=1S/C14H11FN4O/c15-11-5-3-6-12(16)10(11)8-19-14(20)9-4-1-2-7-13(9)17-18-19/h1-7H,8,16H2. The maximum Gasteiger partial charge on any atom is 0.277 e. The molecule has 0 amide bonds. The molecule has 0 unspecified atom stereocenters. The third-order valence-electron chi connectivity index (χ3n) is 3.09. The van der Waals surface area contributed by atoms with Gasteiger partial charge in [0.25, 0.3) is 5.56 Å². The van der Waals surface area contributed by atoms with Crippen molar-refractivity contribution < 1.29 is 4.39 Å². The summed E-state index contributed by atoms with van der Waals surface area (Å²) in [5.41, 5.74) is 6.44. The number of nitrogens with zero attached hydrogens (tertiary/aromatic N) is 3. The highest BCUT2D eigenvalue weighted by atomic mass is 19.1. The molecule has 0 bridgehead atoms. The molecule has 1 heterocycles. The molecule has 2 aromatic carbocycles. The van der Waals surface area contributed by atoms with Crippen LogP contribution in [0.4, 0.5) is 10.1 Å². The quantitative estimate of drug-likeness (QED) is 0.717. The third-order valence-corrected chi connectivity index (χ3v) is 3.09. The number of halogens is 1. The molecule has 0 aliphatic rings. The molecule has 0 aliphatic carbocycles. The van der Waals surface area contributed by atoms with Crippen LogP contribution in [0.15, 0.2) is 47.3 Å². The van der Waals surface area contributed by atoms with Crippen molar-refractivity contribution in [3.8, 4) is 0 Å². The molecule has 0 radical (unpaired) electrons. The molecule has 0 aliphatic heterocycles. The molecule has 0 atom stereocenters. The molecule has 0 saturated heterocycles. The minimum Gasteiger partial charge on any atom is -0.398 e. The number of nitrogen functional groups attached to an aromatic ring is 1. The number of nitrogens with two attached hydrogens (primary N) is 1. The van der Waals surface area contributed by atoms with Crippen LogP contribution >= 0.6 is 0 Å². The lowest BCUT2D eigenvalue weighted by atomic mass is 10.1. The summed E-state index contributed by atoms with van der Waals surface area (Å²) in [6.07, 6.45) is 0. The molecule has 3 aromatic rings. The Morgan fingerprint density at radius 1 is 1.15 bits per heavy atom. The fraction of sp³-hybridized carbons (Fsp3) is 0.0714. The van der Waals surface area contributed by atoms with Crippen LogP contribution in [-0.2, 0) is 6.54 Å². The zero-order valence-corrected chi connectivity index (χ0v) is 10.5. The average molecular weight is 270 g/mol. The molecule has 100 valence electrons. The summed E-state index contributed by atoms with van der Waals surface area (Å²) in [6, 6.07) is 11.3. The normalized spacial score (nSPS) is 10.8. The van der Waals surface area contributed by atoms with Gasteiger partial charge in [0.1, 0.15) is 11.3 Å². The van der Waals surface area contributed by atoms with Gasteiger partial charge in [-0.05, 0) is 24.3 Å². The van der Waals surface area contributed by atoms with E-state index in [4.69, 9.17) is 5.73 Å². The van der Waals surface area contributed by atoms with Crippen LogP contribution in [-0.4, -0.2) is 15.0 Å². The highest BCUT2D eigenvalue weighted by molar-refractivity contribution is 5.76. The lowest BCUT2D eigenvalue weighted by molar-refractivity contribution is 0.558. The summed E-state index contributed by atoms with van der Waals surface area (Å²) >= 11 is 0. The van der Waals surface area contributed by atoms with E-state index >= 15 is 0 Å². The van der Waals surface area contributed by atoms with Crippen LogP contribution in [0, 0.1) is 5.82 Å². The van der Waals surface area contributed by atoms with E-state index in [1.807, 2.05) is 0 Å². The first-order valence-corrected chi connectivity index (χ1v) is 6.02. The van der Waals surface area contributed by atoms with Crippen molar-refractivity contribution in [2.24, 2.45) is 0 Å². The van der Waals surface area contributed by atoms with Gasteiger partial charge in [0.15, 0.2) is 0 Å². The van der Waals surface area contributed by atoms with Crippen LogP contribution < -0.4 is 11.3 Å². The molecule has 3 rings (SSSR count). The maximum absolute atomic E-state index is 13.7. The van der Waals surface area contributed by atoms with Gasteiger partial charge in [-0.1, -0.05) is 23.4 Å². The Balaban J connectivity index is 2.12. The second kappa shape index (κ2) is 4.73. The van der Waals surface area contributed by atoms with Crippen LogP contribution in [0.5, 0.6) is 0 Å². The minimum absolute atomic E-state index is 0.0465. The molecule has 5 nitrogen and oxygen atoms in total.